The van der Waals surface area contributed by atoms with Crippen molar-refractivity contribution in [3.63, 3.8) is 0 Å². The van der Waals surface area contributed by atoms with Gasteiger partial charge in [0.2, 0.25) is 0 Å². The molecule has 2 aromatic heterocycles. The van der Waals surface area contributed by atoms with E-state index in [1.807, 2.05) is 12.1 Å². The Morgan fingerprint density at radius 2 is 1.89 bits per heavy atom. The number of halogens is 2. The second-order valence-corrected chi connectivity index (χ2v) is 14.4. The Bertz CT molecular complexity index is 1940. The molecule has 4 aliphatic heterocycles. The van der Waals surface area contributed by atoms with Gasteiger partial charge in [0.05, 0.1) is 10.9 Å². The second kappa shape index (κ2) is 11.0. The number of alkyl halides is 1. The summed E-state index contributed by atoms with van der Waals surface area (Å²) in [6.45, 7) is 2.18. The summed E-state index contributed by atoms with van der Waals surface area (Å²) >= 11 is 0. The summed E-state index contributed by atoms with van der Waals surface area (Å²) in [6, 6.07) is 9.68. The van der Waals surface area contributed by atoms with Gasteiger partial charge in [-0.05, 0) is 61.6 Å². The fraction of sp³-hybridized carbons (Fsp3) is 0.486. The Morgan fingerprint density at radius 1 is 1.06 bits per heavy atom. The highest BCUT2D eigenvalue weighted by molar-refractivity contribution is 6.02. The normalized spacial score (nSPS) is 30.1. The van der Waals surface area contributed by atoms with E-state index in [4.69, 9.17) is 21.1 Å². The molecule has 47 heavy (non-hydrogen) atoms. The molecule has 4 saturated heterocycles. The molecular weight excluding hydrogens is 598 g/mol. The Kier molecular flexibility index (Phi) is 6.81. The average molecular weight is 637 g/mol. The van der Waals surface area contributed by atoms with Crippen molar-refractivity contribution >= 4 is 27.5 Å². The molecule has 0 spiro atoms. The van der Waals surface area contributed by atoms with Crippen LogP contribution in [-0.2, 0) is 0 Å². The quantitative estimate of drug-likeness (QED) is 0.269. The van der Waals surface area contributed by atoms with Crippen LogP contribution in [0, 0.1) is 24.1 Å². The summed E-state index contributed by atoms with van der Waals surface area (Å²) < 4.78 is 38.4. The number of pyridine rings is 1. The van der Waals surface area contributed by atoms with Gasteiger partial charge in [-0.25, -0.2) is 8.78 Å². The molecule has 6 heterocycles. The van der Waals surface area contributed by atoms with E-state index in [2.05, 4.69) is 26.0 Å². The molecule has 242 valence electrons. The summed E-state index contributed by atoms with van der Waals surface area (Å²) in [7, 11) is 0. The predicted octanol–water partition coefficient (Wildman–Crippen LogP) is 5.74. The summed E-state index contributed by atoms with van der Waals surface area (Å²) in [6.07, 6.45) is 14.8. The Morgan fingerprint density at radius 3 is 2.72 bits per heavy atom. The number of phenols is 1. The number of rotatable bonds is 5. The van der Waals surface area contributed by atoms with Crippen molar-refractivity contribution in [3.8, 4) is 35.4 Å². The summed E-state index contributed by atoms with van der Waals surface area (Å²) in [5, 5.41) is 16.1. The lowest BCUT2D eigenvalue weighted by Gasteiger charge is -2.36. The molecule has 1 saturated carbocycles. The standard InChI is InChI=1S/C37H38F2N6O2/c1-2-21-7-5-8-22-12-27(46)13-28(31(21)22)33-32(39)34-29(16-40-33)35(44-18-25-10-11-26(19-44)41-25)43-36(42-34)47-20-37-14-23-6-3-4-9-30(23)45(37)17-24(38)15-37/h1,5,7-8,12-13,16,23-26,30,41,46H,3-4,6,9-11,14-15,17-20H2/t23-,24-,25?,26?,30-,37-/m0/s1. The van der Waals surface area contributed by atoms with Gasteiger partial charge in [-0.15, -0.1) is 6.42 Å². The van der Waals surface area contributed by atoms with Crippen LogP contribution in [0.4, 0.5) is 14.6 Å². The molecule has 0 radical (unpaired) electrons. The number of hydrogen-bond donors (Lipinski definition) is 2. The summed E-state index contributed by atoms with van der Waals surface area (Å²) in [5.41, 5.74) is 0.697. The molecule has 8 nitrogen and oxygen atoms in total. The highest BCUT2D eigenvalue weighted by Crippen LogP contribution is 2.51. The van der Waals surface area contributed by atoms with E-state index in [0.29, 0.717) is 70.1 Å². The number of terminal acetylenes is 1. The third-order valence-corrected chi connectivity index (χ3v) is 11.5. The van der Waals surface area contributed by atoms with Crippen LogP contribution in [0.3, 0.4) is 0 Å². The molecule has 2 bridgehead atoms. The first kappa shape index (κ1) is 29.1. The first-order valence-corrected chi connectivity index (χ1v) is 17.0. The average Bonchev–Trinajstić information content (AvgIpc) is 3.69. The molecule has 10 heteroatoms. The Hall–Kier alpha value is -4.07. The molecule has 5 aliphatic rings. The monoisotopic (exact) mass is 636 g/mol. The molecule has 0 amide bonds. The number of nitrogens with zero attached hydrogens (tertiary/aromatic N) is 5. The highest BCUT2D eigenvalue weighted by Gasteiger charge is 2.57. The number of piperazine rings is 1. The number of aromatic hydroxyl groups is 1. The van der Waals surface area contributed by atoms with Gasteiger partial charge in [0.15, 0.2) is 5.82 Å². The minimum absolute atomic E-state index is 0.0182. The zero-order valence-electron chi connectivity index (χ0n) is 26.3. The largest absolute Gasteiger partial charge is 0.508 e. The van der Waals surface area contributed by atoms with Crippen molar-refractivity contribution in [3.05, 3.63) is 47.9 Å². The van der Waals surface area contributed by atoms with E-state index in [9.17, 15) is 9.50 Å². The van der Waals surface area contributed by atoms with Gasteiger partial charge >= 0.3 is 6.01 Å². The predicted molar refractivity (Wildman–Crippen MR) is 177 cm³/mol. The van der Waals surface area contributed by atoms with Crippen LogP contribution < -0.4 is 15.0 Å². The van der Waals surface area contributed by atoms with Crippen molar-refractivity contribution in [2.45, 2.75) is 81.2 Å². The number of phenolic OH excluding ortho intramolecular Hbond substituents is 1. The number of anilines is 1. The number of fused-ring (bicyclic) bond motifs is 7. The van der Waals surface area contributed by atoms with Crippen LogP contribution >= 0.6 is 0 Å². The summed E-state index contributed by atoms with van der Waals surface area (Å²) in [4.78, 5) is 18.8. The van der Waals surface area contributed by atoms with Gasteiger partial charge in [-0.2, -0.15) is 9.97 Å². The second-order valence-electron chi connectivity index (χ2n) is 14.4. The topological polar surface area (TPSA) is 86.6 Å². The molecule has 1 aliphatic carbocycles. The van der Waals surface area contributed by atoms with Gasteiger partial charge in [0.25, 0.3) is 0 Å². The zero-order valence-corrected chi connectivity index (χ0v) is 26.3. The molecular formula is C37H38F2N6O2. The Balaban J connectivity index is 1.16. The fourth-order valence-corrected chi connectivity index (χ4v) is 9.62. The van der Waals surface area contributed by atoms with Crippen molar-refractivity contribution in [1.82, 2.24) is 25.2 Å². The number of nitrogens with one attached hydrogen (secondary N) is 1. The first-order chi connectivity index (χ1) is 22.9. The van der Waals surface area contributed by atoms with Crippen LogP contribution in [0.25, 0.3) is 32.9 Å². The van der Waals surface area contributed by atoms with Crippen molar-refractivity contribution < 1.29 is 18.6 Å². The van der Waals surface area contributed by atoms with Gasteiger partial charge in [-0.1, -0.05) is 30.9 Å². The van der Waals surface area contributed by atoms with E-state index < -0.39 is 17.5 Å². The van der Waals surface area contributed by atoms with E-state index in [1.165, 1.54) is 25.3 Å². The Labute approximate surface area is 272 Å². The van der Waals surface area contributed by atoms with Crippen molar-refractivity contribution in [2.24, 2.45) is 5.92 Å². The van der Waals surface area contributed by atoms with E-state index >= 15 is 4.39 Å². The number of ether oxygens (including phenoxy) is 1. The van der Waals surface area contributed by atoms with Crippen LogP contribution in [0.1, 0.15) is 56.9 Å². The van der Waals surface area contributed by atoms with Gasteiger partial charge in [0.1, 0.15) is 35.6 Å². The fourth-order valence-electron chi connectivity index (χ4n) is 9.62. The molecule has 9 rings (SSSR count). The molecule has 2 aromatic carbocycles. The maximum absolute atomic E-state index is 16.9. The van der Waals surface area contributed by atoms with Gasteiger partial charge in [0, 0.05) is 66.9 Å². The van der Waals surface area contributed by atoms with Gasteiger partial charge in [-0.3, -0.25) is 9.88 Å². The van der Waals surface area contributed by atoms with E-state index in [1.54, 1.807) is 18.3 Å². The van der Waals surface area contributed by atoms with Crippen molar-refractivity contribution in [1.29, 1.82) is 0 Å². The number of aromatic nitrogens is 3. The third kappa shape index (κ3) is 4.73. The zero-order chi connectivity index (χ0) is 31.9. The maximum Gasteiger partial charge on any atom is 0.319 e. The third-order valence-electron chi connectivity index (χ3n) is 11.5. The minimum Gasteiger partial charge on any atom is -0.508 e. The van der Waals surface area contributed by atoms with Crippen LogP contribution in [0.15, 0.2) is 36.5 Å². The van der Waals surface area contributed by atoms with E-state index in [0.717, 1.165) is 38.8 Å². The SMILES string of the molecule is C#Cc1cccc2cc(O)cc(-c3ncc4c(N5CC6CCC(C5)N6)nc(OC[C@]56C[C@H](F)CN5[C@H]5CCCC[C@H]5C6)nc4c3F)c12. The lowest BCUT2D eigenvalue weighted by atomic mass is 9.81. The van der Waals surface area contributed by atoms with Gasteiger partial charge < -0.3 is 20.1 Å². The molecule has 5 fully saturated rings. The molecule has 2 N–H and O–H groups in total. The lowest BCUT2D eigenvalue weighted by Crippen LogP contribution is -2.51. The van der Waals surface area contributed by atoms with Crippen LogP contribution in [0.2, 0.25) is 0 Å². The van der Waals surface area contributed by atoms with Crippen molar-refractivity contribution in [2.75, 3.05) is 31.1 Å². The number of benzene rings is 2. The highest BCUT2D eigenvalue weighted by atomic mass is 19.1. The lowest BCUT2D eigenvalue weighted by molar-refractivity contribution is 0.0775. The smallest absolute Gasteiger partial charge is 0.319 e. The minimum atomic E-state index is -0.887. The van der Waals surface area contributed by atoms with Crippen LogP contribution in [-0.4, -0.2) is 81.0 Å². The maximum atomic E-state index is 16.9. The molecule has 6 atom stereocenters. The summed E-state index contributed by atoms with van der Waals surface area (Å²) in [5.74, 6) is 3.19. The first-order valence-electron chi connectivity index (χ1n) is 17.0. The van der Waals surface area contributed by atoms with Crippen LogP contribution in [0.5, 0.6) is 11.8 Å². The molecule has 2 unspecified atom stereocenters. The van der Waals surface area contributed by atoms with E-state index in [-0.39, 0.29) is 29.6 Å². The number of hydrogen-bond acceptors (Lipinski definition) is 8. The molecule has 4 aromatic rings.